The summed E-state index contributed by atoms with van der Waals surface area (Å²) in [4.78, 5) is 20.1. The van der Waals surface area contributed by atoms with Crippen molar-refractivity contribution in [2.45, 2.75) is 31.3 Å². The lowest BCUT2D eigenvalue weighted by atomic mass is 10.1. The summed E-state index contributed by atoms with van der Waals surface area (Å²) in [6.45, 7) is 0. The summed E-state index contributed by atoms with van der Waals surface area (Å²) in [6.07, 6.45) is 3.41. The van der Waals surface area contributed by atoms with Crippen LogP contribution in [-0.4, -0.2) is 27.2 Å². The molecule has 1 aliphatic carbocycles. The van der Waals surface area contributed by atoms with E-state index in [2.05, 4.69) is 0 Å². The van der Waals surface area contributed by atoms with E-state index < -0.39 is 5.66 Å². The molecular formula is C20H15Cl2FN2OS. The van der Waals surface area contributed by atoms with Gasteiger partial charge in [0.25, 0.3) is 5.91 Å². The molecule has 27 heavy (non-hydrogen) atoms. The Bertz CT molecular complexity index is 968. The van der Waals surface area contributed by atoms with E-state index in [-0.39, 0.29) is 11.7 Å². The normalized spacial score (nSPS) is 18.3. The summed E-state index contributed by atoms with van der Waals surface area (Å²) < 4.78 is 13.3. The van der Waals surface area contributed by atoms with E-state index in [1.54, 1.807) is 23.1 Å². The summed E-state index contributed by atoms with van der Waals surface area (Å²) in [6, 6.07) is 10.7. The predicted molar refractivity (Wildman–Crippen MR) is 109 cm³/mol. The van der Waals surface area contributed by atoms with Gasteiger partial charge in [-0.25, -0.2) is 4.39 Å². The number of halogens is 3. The van der Waals surface area contributed by atoms with Gasteiger partial charge in [-0.05, 0) is 62.1 Å². The first-order chi connectivity index (χ1) is 12.9. The Morgan fingerprint density at radius 1 is 1.07 bits per heavy atom. The topological polar surface area (TPSA) is 32.7 Å². The summed E-state index contributed by atoms with van der Waals surface area (Å²) >= 11 is 17.8. The predicted octanol–water partition coefficient (Wildman–Crippen LogP) is 5.68. The standard InChI is InChI=1S/C20H15Cl2FN2OS/c21-15-8-5-13(11-16(15)22)17-19(27)25(20(24-17)9-1-2-10-20)18(26)12-3-6-14(23)7-4-12/h3-8,11H,1-2,9-10H2. The summed E-state index contributed by atoms with van der Waals surface area (Å²) in [7, 11) is 0. The van der Waals surface area contributed by atoms with Gasteiger partial charge < -0.3 is 0 Å². The average Bonchev–Trinajstić information content (AvgIpc) is 3.22. The maximum Gasteiger partial charge on any atom is 0.260 e. The molecule has 2 aromatic rings. The molecule has 0 atom stereocenters. The van der Waals surface area contributed by atoms with E-state index in [1.807, 2.05) is 0 Å². The first kappa shape index (κ1) is 18.5. The van der Waals surface area contributed by atoms with Gasteiger partial charge in [-0.2, -0.15) is 0 Å². The molecule has 1 spiro atoms. The van der Waals surface area contributed by atoms with Crippen LogP contribution in [0.3, 0.4) is 0 Å². The molecule has 0 unspecified atom stereocenters. The third-order valence-corrected chi connectivity index (χ3v) is 6.15. The Labute approximate surface area is 171 Å². The second-order valence-electron chi connectivity index (χ2n) is 6.73. The van der Waals surface area contributed by atoms with Crippen LogP contribution in [0.2, 0.25) is 10.0 Å². The van der Waals surface area contributed by atoms with Crippen molar-refractivity contribution in [2.75, 3.05) is 0 Å². The Kier molecular flexibility index (Phi) is 4.78. The van der Waals surface area contributed by atoms with E-state index in [9.17, 15) is 9.18 Å². The van der Waals surface area contributed by atoms with Gasteiger partial charge in [0, 0.05) is 11.1 Å². The number of amides is 1. The lowest BCUT2D eigenvalue weighted by Crippen LogP contribution is -2.48. The van der Waals surface area contributed by atoms with Gasteiger partial charge in [0.05, 0.1) is 10.0 Å². The lowest BCUT2D eigenvalue weighted by Gasteiger charge is -2.32. The first-order valence-corrected chi connectivity index (χ1v) is 9.77. The summed E-state index contributed by atoms with van der Waals surface area (Å²) in [5.74, 6) is -0.653. The van der Waals surface area contributed by atoms with E-state index in [4.69, 9.17) is 40.4 Å². The molecule has 0 N–H and O–H groups in total. The van der Waals surface area contributed by atoms with Gasteiger partial charge in [-0.3, -0.25) is 14.7 Å². The minimum absolute atomic E-state index is 0.263. The second kappa shape index (κ2) is 6.97. The number of carbonyl (C=O) groups is 1. The number of aliphatic imine (C=N–C) groups is 1. The van der Waals surface area contributed by atoms with Crippen LogP contribution in [0.15, 0.2) is 47.5 Å². The summed E-state index contributed by atoms with van der Waals surface area (Å²) in [5, 5.41) is 0.850. The van der Waals surface area contributed by atoms with Gasteiger partial charge in [0.1, 0.15) is 22.2 Å². The zero-order valence-electron chi connectivity index (χ0n) is 14.2. The molecule has 7 heteroatoms. The van der Waals surface area contributed by atoms with Crippen molar-refractivity contribution in [2.24, 2.45) is 4.99 Å². The molecule has 1 amide bonds. The highest BCUT2D eigenvalue weighted by Crippen LogP contribution is 2.42. The second-order valence-corrected chi connectivity index (χ2v) is 7.93. The van der Waals surface area contributed by atoms with Crippen LogP contribution in [0.5, 0.6) is 0 Å². The van der Waals surface area contributed by atoms with Crippen molar-refractivity contribution in [1.82, 2.24) is 4.90 Å². The molecule has 2 aromatic carbocycles. The molecule has 1 fully saturated rings. The zero-order chi connectivity index (χ0) is 19.2. The number of carbonyl (C=O) groups excluding carboxylic acids is 1. The monoisotopic (exact) mass is 420 g/mol. The van der Waals surface area contributed by atoms with Crippen LogP contribution >= 0.6 is 35.4 Å². The number of thiocarbonyl (C=S) groups is 1. The highest BCUT2D eigenvalue weighted by Gasteiger charge is 2.50. The maximum atomic E-state index is 13.3. The molecule has 0 aromatic heterocycles. The number of hydrogen-bond donors (Lipinski definition) is 0. The Morgan fingerprint density at radius 2 is 1.74 bits per heavy atom. The van der Waals surface area contributed by atoms with Crippen LogP contribution in [0.1, 0.15) is 41.6 Å². The third kappa shape index (κ3) is 3.18. The Balaban J connectivity index is 1.76. The van der Waals surface area contributed by atoms with Crippen molar-refractivity contribution >= 4 is 52.0 Å². The van der Waals surface area contributed by atoms with Gasteiger partial charge in [0.2, 0.25) is 0 Å². The van der Waals surface area contributed by atoms with Gasteiger partial charge >= 0.3 is 0 Å². The summed E-state index contributed by atoms with van der Waals surface area (Å²) in [5.41, 5.74) is 1.01. The van der Waals surface area contributed by atoms with Crippen LogP contribution in [0, 0.1) is 5.82 Å². The molecule has 1 heterocycles. The van der Waals surface area contributed by atoms with Crippen LogP contribution in [0.25, 0.3) is 0 Å². The van der Waals surface area contributed by atoms with E-state index >= 15 is 0 Å². The van der Waals surface area contributed by atoms with E-state index in [0.29, 0.717) is 26.3 Å². The number of hydrogen-bond acceptors (Lipinski definition) is 3. The third-order valence-electron chi connectivity index (χ3n) is 5.03. The fourth-order valence-corrected chi connectivity index (χ4v) is 4.43. The lowest BCUT2D eigenvalue weighted by molar-refractivity contribution is 0.0724. The number of nitrogens with zero attached hydrogens (tertiary/aromatic N) is 2. The Hall–Kier alpha value is -1.82. The minimum atomic E-state index is -0.677. The van der Waals surface area contributed by atoms with Crippen molar-refractivity contribution in [3.8, 4) is 0 Å². The van der Waals surface area contributed by atoms with Gasteiger partial charge in [-0.1, -0.05) is 41.5 Å². The van der Waals surface area contributed by atoms with E-state index in [1.165, 1.54) is 24.3 Å². The fourth-order valence-electron chi connectivity index (χ4n) is 3.71. The molecular weight excluding hydrogens is 406 g/mol. The zero-order valence-corrected chi connectivity index (χ0v) is 16.5. The first-order valence-electron chi connectivity index (χ1n) is 8.61. The molecule has 2 aliphatic rings. The van der Waals surface area contributed by atoms with Crippen molar-refractivity contribution in [1.29, 1.82) is 0 Å². The molecule has 138 valence electrons. The maximum absolute atomic E-state index is 13.3. The molecule has 4 rings (SSSR count). The van der Waals surface area contributed by atoms with Crippen LogP contribution < -0.4 is 0 Å². The van der Waals surface area contributed by atoms with Gasteiger partial charge in [-0.15, -0.1) is 0 Å². The highest BCUT2D eigenvalue weighted by atomic mass is 35.5. The fraction of sp³-hybridized carbons (Fsp3) is 0.250. The SMILES string of the molecule is O=C(c1ccc(F)cc1)N1C(=S)C(c2ccc(Cl)c(Cl)c2)=NC12CCCC2. The number of rotatable bonds is 2. The van der Waals surface area contributed by atoms with Crippen molar-refractivity contribution in [3.63, 3.8) is 0 Å². The van der Waals surface area contributed by atoms with Gasteiger partial charge in [0.15, 0.2) is 0 Å². The number of benzene rings is 2. The van der Waals surface area contributed by atoms with Crippen LogP contribution in [-0.2, 0) is 0 Å². The highest BCUT2D eigenvalue weighted by molar-refractivity contribution is 7.82. The van der Waals surface area contributed by atoms with Crippen molar-refractivity contribution < 1.29 is 9.18 Å². The Morgan fingerprint density at radius 3 is 2.37 bits per heavy atom. The molecule has 0 bridgehead atoms. The van der Waals surface area contributed by atoms with Crippen LogP contribution in [0.4, 0.5) is 4.39 Å². The quantitative estimate of drug-likeness (QED) is 0.585. The van der Waals surface area contributed by atoms with E-state index in [0.717, 1.165) is 31.2 Å². The molecule has 0 radical (unpaired) electrons. The molecule has 0 saturated heterocycles. The molecule has 1 saturated carbocycles. The smallest absolute Gasteiger partial charge is 0.260 e. The average molecular weight is 421 g/mol. The largest absolute Gasteiger partial charge is 0.271 e. The molecule has 1 aliphatic heterocycles. The van der Waals surface area contributed by atoms with Crippen molar-refractivity contribution in [3.05, 3.63) is 69.5 Å². The minimum Gasteiger partial charge on any atom is -0.271 e. The molecule has 3 nitrogen and oxygen atoms in total.